The molecule has 3 heteroatoms. The van der Waals surface area contributed by atoms with Gasteiger partial charge in [-0.1, -0.05) is 5.92 Å². The van der Waals surface area contributed by atoms with Gasteiger partial charge in [0.2, 0.25) is 0 Å². The van der Waals surface area contributed by atoms with Gasteiger partial charge >= 0.3 is 5.63 Å². The maximum absolute atomic E-state index is 11.0. The van der Waals surface area contributed by atoms with Gasteiger partial charge in [0.1, 0.15) is 5.58 Å². The van der Waals surface area contributed by atoms with Crippen LogP contribution < -0.4 is 10.5 Å². The van der Waals surface area contributed by atoms with E-state index in [0.717, 1.165) is 11.1 Å². The first-order chi connectivity index (χ1) is 7.70. The van der Waals surface area contributed by atoms with Gasteiger partial charge in [-0.15, -0.1) is 6.42 Å². The first-order valence-electron chi connectivity index (χ1n) is 4.89. The average Bonchev–Trinajstić information content (AvgIpc) is 2.28. The highest BCUT2D eigenvalue weighted by molar-refractivity contribution is 5.80. The molecule has 1 heterocycles. The lowest BCUT2D eigenvalue weighted by Gasteiger charge is -2.16. The molecule has 0 aliphatic rings. The van der Waals surface area contributed by atoms with Gasteiger partial charge in [-0.05, 0) is 24.3 Å². The number of fused-ring (bicyclic) bond motifs is 1. The Kier molecular flexibility index (Phi) is 2.65. The predicted octanol–water partition coefficient (Wildman–Crippen LogP) is 1.86. The van der Waals surface area contributed by atoms with Gasteiger partial charge in [-0.2, -0.15) is 0 Å². The Morgan fingerprint density at radius 3 is 2.94 bits per heavy atom. The third kappa shape index (κ3) is 1.91. The molecule has 0 bridgehead atoms. The fraction of sp³-hybridized carbons (Fsp3) is 0.154. The first kappa shape index (κ1) is 10.3. The van der Waals surface area contributed by atoms with Crippen LogP contribution in [0.1, 0.15) is 0 Å². The zero-order chi connectivity index (χ0) is 11.5. The molecule has 1 aromatic carbocycles. The average molecular weight is 213 g/mol. The monoisotopic (exact) mass is 213 g/mol. The molecule has 0 radical (unpaired) electrons. The molecule has 16 heavy (non-hydrogen) atoms. The summed E-state index contributed by atoms with van der Waals surface area (Å²) in [5, 5.41) is 0.890. The molecule has 2 rings (SSSR count). The quantitative estimate of drug-likeness (QED) is 0.564. The van der Waals surface area contributed by atoms with E-state index in [2.05, 4.69) is 5.92 Å². The van der Waals surface area contributed by atoms with E-state index in [1.165, 1.54) is 6.07 Å². The van der Waals surface area contributed by atoms with E-state index in [-0.39, 0.29) is 5.63 Å². The minimum Gasteiger partial charge on any atom is -0.423 e. The Labute approximate surface area is 93.3 Å². The van der Waals surface area contributed by atoms with Crippen molar-refractivity contribution in [3.8, 4) is 12.3 Å². The van der Waals surface area contributed by atoms with Gasteiger partial charge in [0.15, 0.2) is 0 Å². The smallest absolute Gasteiger partial charge is 0.336 e. The van der Waals surface area contributed by atoms with Crippen molar-refractivity contribution in [2.75, 3.05) is 18.5 Å². The molecule has 0 saturated heterocycles. The lowest BCUT2D eigenvalue weighted by Crippen LogP contribution is -2.16. The number of anilines is 1. The highest BCUT2D eigenvalue weighted by Crippen LogP contribution is 2.19. The van der Waals surface area contributed by atoms with Crippen LogP contribution in [0.5, 0.6) is 0 Å². The Balaban J connectivity index is 2.49. The molecule has 1 aromatic heterocycles. The van der Waals surface area contributed by atoms with E-state index in [9.17, 15) is 4.79 Å². The summed E-state index contributed by atoms with van der Waals surface area (Å²) in [5.74, 6) is 2.58. The van der Waals surface area contributed by atoms with E-state index in [1.54, 1.807) is 12.1 Å². The summed E-state index contributed by atoms with van der Waals surface area (Å²) in [4.78, 5) is 13.0. The Morgan fingerprint density at radius 2 is 2.19 bits per heavy atom. The highest BCUT2D eigenvalue weighted by atomic mass is 16.4. The van der Waals surface area contributed by atoms with Gasteiger partial charge < -0.3 is 9.32 Å². The van der Waals surface area contributed by atoms with Crippen molar-refractivity contribution >= 4 is 16.7 Å². The van der Waals surface area contributed by atoms with Crippen LogP contribution in [0.25, 0.3) is 11.0 Å². The fourth-order valence-corrected chi connectivity index (χ4v) is 1.52. The molecule has 0 saturated carbocycles. The summed E-state index contributed by atoms with van der Waals surface area (Å²) in [7, 11) is 1.92. The number of hydrogen-bond acceptors (Lipinski definition) is 3. The molecular formula is C13H11NO2. The molecule has 0 aliphatic carbocycles. The highest BCUT2D eigenvalue weighted by Gasteiger charge is 2.02. The van der Waals surface area contributed by atoms with Crippen LogP contribution in [-0.2, 0) is 0 Å². The summed E-state index contributed by atoms with van der Waals surface area (Å²) in [5.41, 5.74) is 1.25. The SMILES string of the molecule is C#CCN(C)c1ccc2oc(=O)ccc2c1. The van der Waals surface area contributed by atoms with Crippen LogP contribution in [0.2, 0.25) is 0 Å². The Morgan fingerprint density at radius 1 is 1.38 bits per heavy atom. The standard InChI is InChI=1S/C13H11NO2/c1-3-8-14(2)11-5-6-12-10(9-11)4-7-13(15)16-12/h1,4-7,9H,8H2,2H3. The molecule has 0 amide bonds. The summed E-state index contributed by atoms with van der Waals surface area (Å²) in [6.45, 7) is 0.544. The first-order valence-corrected chi connectivity index (χ1v) is 4.89. The van der Waals surface area contributed by atoms with Crippen molar-refractivity contribution in [2.24, 2.45) is 0 Å². The fourth-order valence-electron chi connectivity index (χ4n) is 1.52. The summed E-state index contributed by atoms with van der Waals surface area (Å²) in [6, 6.07) is 8.75. The lowest BCUT2D eigenvalue weighted by molar-refractivity contribution is 0.561. The number of terminal acetylenes is 1. The molecule has 80 valence electrons. The second kappa shape index (κ2) is 4.11. The maximum Gasteiger partial charge on any atom is 0.336 e. The third-order valence-electron chi connectivity index (χ3n) is 2.37. The van der Waals surface area contributed by atoms with Crippen LogP contribution in [0.15, 0.2) is 39.5 Å². The van der Waals surface area contributed by atoms with Crippen LogP contribution >= 0.6 is 0 Å². The van der Waals surface area contributed by atoms with E-state index in [4.69, 9.17) is 10.8 Å². The molecule has 0 fully saturated rings. The summed E-state index contributed by atoms with van der Waals surface area (Å²) >= 11 is 0. The molecule has 0 aliphatic heterocycles. The Bertz CT molecular complexity index is 607. The minimum atomic E-state index is -0.336. The largest absolute Gasteiger partial charge is 0.423 e. The lowest BCUT2D eigenvalue weighted by atomic mass is 10.2. The molecule has 2 aromatic rings. The number of benzene rings is 1. The molecular weight excluding hydrogens is 202 g/mol. The number of rotatable bonds is 2. The number of hydrogen-bond donors (Lipinski definition) is 0. The zero-order valence-corrected chi connectivity index (χ0v) is 8.93. The molecule has 0 unspecified atom stereocenters. The second-order valence-corrected chi connectivity index (χ2v) is 3.54. The predicted molar refractivity (Wildman–Crippen MR) is 64.6 cm³/mol. The van der Waals surface area contributed by atoms with E-state index in [0.29, 0.717) is 12.1 Å². The summed E-state index contributed by atoms with van der Waals surface area (Å²) in [6.07, 6.45) is 5.25. The van der Waals surface area contributed by atoms with Crippen molar-refractivity contribution in [1.82, 2.24) is 0 Å². The van der Waals surface area contributed by atoms with Crippen molar-refractivity contribution in [3.63, 3.8) is 0 Å². The molecule has 0 spiro atoms. The molecule has 0 atom stereocenters. The van der Waals surface area contributed by atoms with Gasteiger partial charge in [0.05, 0.1) is 6.54 Å². The van der Waals surface area contributed by atoms with Gasteiger partial charge in [0.25, 0.3) is 0 Å². The van der Waals surface area contributed by atoms with Crippen molar-refractivity contribution in [3.05, 3.63) is 40.8 Å². The van der Waals surface area contributed by atoms with Crippen molar-refractivity contribution < 1.29 is 4.42 Å². The molecule has 0 N–H and O–H groups in total. The van der Waals surface area contributed by atoms with Gasteiger partial charge in [-0.25, -0.2) is 4.79 Å². The van der Waals surface area contributed by atoms with E-state index >= 15 is 0 Å². The van der Waals surface area contributed by atoms with Crippen molar-refractivity contribution in [1.29, 1.82) is 0 Å². The van der Waals surface area contributed by atoms with Crippen LogP contribution in [0, 0.1) is 12.3 Å². The third-order valence-corrected chi connectivity index (χ3v) is 2.37. The zero-order valence-electron chi connectivity index (χ0n) is 8.93. The van der Waals surface area contributed by atoms with E-state index in [1.807, 2.05) is 24.1 Å². The van der Waals surface area contributed by atoms with E-state index < -0.39 is 0 Å². The topological polar surface area (TPSA) is 33.5 Å². The van der Waals surface area contributed by atoms with Crippen molar-refractivity contribution in [2.45, 2.75) is 0 Å². The van der Waals surface area contributed by atoms with Crippen LogP contribution in [-0.4, -0.2) is 13.6 Å². The normalized spacial score (nSPS) is 10.0. The van der Waals surface area contributed by atoms with Crippen LogP contribution in [0.4, 0.5) is 5.69 Å². The molecule has 3 nitrogen and oxygen atoms in total. The van der Waals surface area contributed by atoms with Gasteiger partial charge in [-0.3, -0.25) is 0 Å². The maximum atomic E-state index is 11.0. The van der Waals surface area contributed by atoms with Crippen LogP contribution in [0.3, 0.4) is 0 Å². The minimum absolute atomic E-state index is 0.336. The Hall–Kier alpha value is -2.21. The van der Waals surface area contributed by atoms with Gasteiger partial charge in [0, 0.05) is 24.2 Å². The second-order valence-electron chi connectivity index (χ2n) is 3.54. The summed E-state index contributed by atoms with van der Waals surface area (Å²) < 4.78 is 5.04. The number of nitrogens with zero attached hydrogens (tertiary/aromatic N) is 1.